The maximum absolute atomic E-state index is 11.2. The number of hydrogen-bond acceptors (Lipinski definition) is 4. The van der Waals surface area contributed by atoms with Gasteiger partial charge < -0.3 is 5.11 Å². The lowest BCUT2D eigenvalue weighted by Crippen LogP contribution is -2.40. The van der Waals surface area contributed by atoms with Crippen LogP contribution in [0.3, 0.4) is 0 Å². The molecule has 0 amide bonds. The Labute approximate surface area is 117 Å². The van der Waals surface area contributed by atoms with Crippen LogP contribution in [0.15, 0.2) is 36.9 Å². The van der Waals surface area contributed by atoms with Gasteiger partial charge in [0.25, 0.3) is 5.69 Å². The summed E-state index contributed by atoms with van der Waals surface area (Å²) in [5, 5.41) is 20.0. The van der Waals surface area contributed by atoms with E-state index in [1.807, 2.05) is 0 Å². The second-order valence-corrected chi connectivity index (χ2v) is 4.41. The minimum Gasteiger partial charge on any atom is -0.480 e. The van der Waals surface area contributed by atoms with Gasteiger partial charge in [-0.05, 0) is 12.0 Å². The zero-order valence-corrected chi connectivity index (χ0v) is 11.4. The smallest absolute Gasteiger partial charge is 0.320 e. The number of benzene rings is 1. The highest BCUT2D eigenvalue weighted by molar-refractivity contribution is 5.73. The minimum absolute atomic E-state index is 0.00410. The molecule has 0 bridgehead atoms. The van der Waals surface area contributed by atoms with Gasteiger partial charge in [0.05, 0.1) is 4.92 Å². The van der Waals surface area contributed by atoms with E-state index in [1.165, 1.54) is 12.1 Å². The Bertz CT molecular complexity index is 502. The Morgan fingerprint density at radius 3 is 2.80 bits per heavy atom. The van der Waals surface area contributed by atoms with E-state index < -0.39 is 16.9 Å². The third-order valence-electron chi connectivity index (χ3n) is 2.98. The number of aliphatic carboxylic acids is 1. The number of nitro benzene ring substituents is 1. The van der Waals surface area contributed by atoms with Crippen molar-refractivity contribution in [2.45, 2.75) is 25.9 Å². The standard InChI is InChI=1S/C14H18N2O4/c1-3-8-15(13(4-2)14(17)18)10-11-6-5-7-12(9-11)16(19)20/h3,5-7,9,13H,1,4,8,10H2,2H3,(H,17,18). The van der Waals surface area contributed by atoms with Gasteiger partial charge in [-0.3, -0.25) is 19.8 Å². The fourth-order valence-electron chi connectivity index (χ4n) is 2.06. The first-order chi connectivity index (χ1) is 9.49. The van der Waals surface area contributed by atoms with Gasteiger partial charge >= 0.3 is 5.97 Å². The van der Waals surface area contributed by atoms with Crippen LogP contribution in [-0.4, -0.2) is 33.5 Å². The monoisotopic (exact) mass is 278 g/mol. The molecule has 108 valence electrons. The lowest BCUT2D eigenvalue weighted by molar-refractivity contribution is -0.384. The van der Waals surface area contributed by atoms with Crippen LogP contribution in [0.25, 0.3) is 0 Å². The third-order valence-corrected chi connectivity index (χ3v) is 2.98. The minimum atomic E-state index is -0.903. The average Bonchev–Trinajstić information content (AvgIpc) is 2.39. The van der Waals surface area contributed by atoms with Crippen LogP contribution in [0.1, 0.15) is 18.9 Å². The normalized spacial score (nSPS) is 12.1. The molecule has 0 fully saturated rings. The predicted molar refractivity (Wildman–Crippen MR) is 75.4 cm³/mol. The summed E-state index contributed by atoms with van der Waals surface area (Å²) in [5.41, 5.74) is 0.713. The highest BCUT2D eigenvalue weighted by atomic mass is 16.6. The van der Waals surface area contributed by atoms with Crippen molar-refractivity contribution in [3.63, 3.8) is 0 Å². The van der Waals surface area contributed by atoms with Gasteiger partial charge in [0.15, 0.2) is 0 Å². The number of carbonyl (C=O) groups is 1. The Morgan fingerprint density at radius 1 is 1.60 bits per heavy atom. The Kier molecular flexibility index (Phi) is 5.86. The summed E-state index contributed by atoms with van der Waals surface area (Å²) >= 11 is 0. The van der Waals surface area contributed by atoms with Crippen molar-refractivity contribution in [1.29, 1.82) is 0 Å². The zero-order valence-electron chi connectivity index (χ0n) is 11.4. The van der Waals surface area contributed by atoms with Crippen molar-refractivity contribution in [2.75, 3.05) is 6.54 Å². The number of hydrogen-bond donors (Lipinski definition) is 1. The average molecular weight is 278 g/mol. The molecular formula is C14H18N2O4. The first-order valence-corrected chi connectivity index (χ1v) is 6.30. The summed E-state index contributed by atoms with van der Waals surface area (Å²) < 4.78 is 0. The van der Waals surface area contributed by atoms with E-state index >= 15 is 0 Å². The van der Waals surface area contributed by atoms with Crippen LogP contribution in [0, 0.1) is 10.1 Å². The van der Waals surface area contributed by atoms with E-state index in [4.69, 9.17) is 0 Å². The molecule has 0 saturated heterocycles. The predicted octanol–water partition coefficient (Wildman–Crippen LogP) is 2.45. The molecule has 0 heterocycles. The second-order valence-electron chi connectivity index (χ2n) is 4.41. The van der Waals surface area contributed by atoms with E-state index in [0.717, 1.165) is 0 Å². The molecule has 0 aliphatic heterocycles. The second kappa shape index (κ2) is 7.40. The number of nitrogens with zero attached hydrogens (tertiary/aromatic N) is 2. The number of carboxylic acids is 1. The van der Waals surface area contributed by atoms with Crippen LogP contribution in [-0.2, 0) is 11.3 Å². The summed E-state index contributed by atoms with van der Waals surface area (Å²) in [6.45, 7) is 6.16. The summed E-state index contributed by atoms with van der Waals surface area (Å²) in [4.78, 5) is 23.2. The van der Waals surface area contributed by atoms with Gasteiger partial charge in [-0.15, -0.1) is 6.58 Å². The van der Waals surface area contributed by atoms with E-state index in [0.29, 0.717) is 25.1 Å². The van der Waals surface area contributed by atoms with Gasteiger partial charge in [-0.2, -0.15) is 0 Å². The molecule has 1 atom stereocenters. The number of carboxylic acid groups (broad SMARTS) is 1. The fraction of sp³-hybridized carbons (Fsp3) is 0.357. The lowest BCUT2D eigenvalue weighted by atomic mass is 10.1. The SMILES string of the molecule is C=CCN(Cc1cccc([N+](=O)[O-])c1)C(CC)C(=O)O. The van der Waals surface area contributed by atoms with Crippen molar-refractivity contribution in [3.05, 3.63) is 52.6 Å². The molecule has 1 rings (SSSR count). The maximum atomic E-state index is 11.2. The highest BCUT2D eigenvalue weighted by Crippen LogP contribution is 2.17. The van der Waals surface area contributed by atoms with Crippen molar-refractivity contribution >= 4 is 11.7 Å². The molecule has 1 aromatic rings. The van der Waals surface area contributed by atoms with Crippen molar-refractivity contribution in [1.82, 2.24) is 4.90 Å². The summed E-state index contributed by atoms with van der Waals surface area (Å²) in [6, 6.07) is 5.59. The molecule has 1 N–H and O–H groups in total. The van der Waals surface area contributed by atoms with Crippen molar-refractivity contribution < 1.29 is 14.8 Å². The molecule has 1 aromatic carbocycles. The van der Waals surface area contributed by atoms with Gasteiger partial charge in [-0.1, -0.05) is 25.1 Å². The first-order valence-electron chi connectivity index (χ1n) is 6.30. The van der Waals surface area contributed by atoms with E-state index in [9.17, 15) is 20.0 Å². The quantitative estimate of drug-likeness (QED) is 0.448. The van der Waals surface area contributed by atoms with Gasteiger partial charge in [0.2, 0.25) is 0 Å². The molecule has 6 nitrogen and oxygen atoms in total. The van der Waals surface area contributed by atoms with Crippen LogP contribution in [0.2, 0.25) is 0 Å². The van der Waals surface area contributed by atoms with Crippen LogP contribution >= 0.6 is 0 Å². The molecule has 0 spiro atoms. The molecule has 1 unspecified atom stereocenters. The molecule has 0 saturated carbocycles. The summed E-state index contributed by atoms with van der Waals surface area (Å²) in [5.74, 6) is -0.903. The molecule has 0 radical (unpaired) electrons. The van der Waals surface area contributed by atoms with E-state index in [1.54, 1.807) is 30.0 Å². The molecule has 0 aliphatic carbocycles. The topological polar surface area (TPSA) is 83.7 Å². The van der Waals surface area contributed by atoms with Crippen LogP contribution in [0.5, 0.6) is 0 Å². The van der Waals surface area contributed by atoms with Crippen molar-refractivity contribution in [2.24, 2.45) is 0 Å². The zero-order chi connectivity index (χ0) is 15.1. The first kappa shape index (κ1) is 15.8. The van der Waals surface area contributed by atoms with Gasteiger partial charge in [0.1, 0.15) is 6.04 Å². The molecule has 0 aromatic heterocycles. The Hall–Kier alpha value is -2.21. The number of non-ortho nitro benzene ring substituents is 1. The Morgan fingerprint density at radius 2 is 2.30 bits per heavy atom. The molecule has 6 heteroatoms. The maximum Gasteiger partial charge on any atom is 0.320 e. The summed E-state index contributed by atoms with van der Waals surface area (Å²) in [7, 11) is 0. The van der Waals surface area contributed by atoms with Crippen LogP contribution < -0.4 is 0 Å². The van der Waals surface area contributed by atoms with Gasteiger partial charge in [-0.25, -0.2) is 0 Å². The number of rotatable bonds is 8. The van der Waals surface area contributed by atoms with Crippen LogP contribution in [0.4, 0.5) is 5.69 Å². The molecule has 0 aliphatic rings. The lowest BCUT2D eigenvalue weighted by Gasteiger charge is -2.26. The van der Waals surface area contributed by atoms with Gasteiger partial charge in [0, 0.05) is 25.2 Å². The number of nitro groups is 1. The van der Waals surface area contributed by atoms with E-state index in [-0.39, 0.29) is 5.69 Å². The Balaban J connectivity index is 2.95. The van der Waals surface area contributed by atoms with E-state index in [2.05, 4.69) is 6.58 Å². The third kappa shape index (κ3) is 4.17. The highest BCUT2D eigenvalue weighted by Gasteiger charge is 2.23. The largest absolute Gasteiger partial charge is 0.480 e. The van der Waals surface area contributed by atoms with Crippen molar-refractivity contribution in [3.8, 4) is 0 Å². The molecular weight excluding hydrogens is 260 g/mol. The summed E-state index contributed by atoms with van der Waals surface area (Å²) in [6.07, 6.45) is 2.08. The fourth-order valence-corrected chi connectivity index (χ4v) is 2.06. The molecule has 20 heavy (non-hydrogen) atoms.